The molecule has 4 nitrogen and oxygen atoms in total. The van der Waals surface area contributed by atoms with Gasteiger partial charge in [0.25, 0.3) is 0 Å². The van der Waals surface area contributed by atoms with Gasteiger partial charge in [0.2, 0.25) is 5.89 Å². The summed E-state index contributed by atoms with van der Waals surface area (Å²) in [5.41, 5.74) is 2.19. The summed E-state index contributed by atoms with van der Waals surface area (Å²) in [5, 5.41) is 6.57. The van der Waals surface area contributed by atoms with Gasteiger partial charge < -0.3 is 4.52 Å². The number of aryl methyl sites for hydroxylation is 1. The van der Waals surface area contributed by atoms with Crippen LogP contribution in [0.25, 0.3) is 0 Å². The Morgan fingerprint density at radius 3 is 2.76 bits per heavy atom. The third-order valence-corrected chi connectivity index (χ3v) is 5.10. The van der Waals surface area contributed by atoms with Crippen molar-refractivity contribution in [2.75, 3.05) is 0 Å². The average Bonchev–Trinajstić information content (AvgIpc) is 3.08. The molecule has 2 aromatic heterocycles. The summed E-state index contributed by atoms with van der Waals surface area (Å²) in [4.78, 5) is 8.76. The van der Waals surface area contributed by atoms with E-state index in [0.717, 1.165) is 20.8 Å². The maximum absolute atomic E-state index is 5.87. The predicted octanol–water partition coefficient (Wildman–Crippen LogP) is 4.37. The van der Waals surface area contributed by atoms with E-state index in [1.165, 1.54) is 5.56 Å². The highest BCUT2D eigenvalue weighted by atomic mass is 35.5. The Bertz CT molecular complexity index is 724. The van der Waals surface area contributed by atoms with E-state index in [2.05, 4.69) is 15.1 Å². The Morgan fingerprint density at radius 1 is 1.24 bits per heavy atom. The molecule has 0 saturated carbocycles. The van der Waals surface area contributed by atoms with Gasteiger partial charge in [-0.3, -0.25) is 0 Å². The molecule has 0 aliphatic carbocycles. The number of hydrogen-bond donors (Lipinski definition) is 0. The topological polar surface area (TPSA) is 51.8 Å². The summed E-state index contributed by atoms with van der Waals surface area (Å²) in [7, 11) is 0. The maximum Gasteiger partial charge on any atom is 0.232 e. The van der Waals surface area contributed by atoms with Gasteiger partial charge in [-0.05, 0) is 24.6 Å². The molecule has 3 rings (SSSR count). The smallest absolute Gasteiger partial charge is 0.232 e. The minimum Gasteiger partial charge on any atom is -0.339 e. The lowest BCUT2D eigenvalue weighted by molar-refractivity contribution is 0.380. The third-order valence-electron chi connectivity index (χ3n) is 2.71. The van der Waals surface area contributed by atoms with Crippen LogP contribution in [-0.2, 0) is 12.2 Å². The van der Waals surface area contributed by atoms with Gasteiger partial charge in [-0.2, -0.15) is 4.98 Å². The summed E-state index contributed by atoms with van der Waals surface area (Å²) < 4.78 is 6.14. The van der Waals surface area contributed by atoms with Crippen molar-refractivity contribution < 1.29 is 4.52 Å². The SMILES string of the molecule is Cc1noc(Cc2csc(SCc3ccc(Cl)cc3)n2)n1. The predicted molar refractivity (Wildman–Crippen MR) is 85.0 cm³/mol. The zero-order chi connectivity index (χ0) is 14.7. The summed E-state index contributed by atoms with van der Waals surface area (Å²) in [5.74, 6) is 2.13. The number of thioether (sulfide) groups is 1. The normalized spacial score (nSPS) is 11.0. The molecule has 21 heavy (non-hydrogen) atoms. The molecule has 0 N–H and O–H groups in total. The largest absolute Gasteiger partial charge is 0.339 e. The monoisotopic (exact) mass is 337 g/mol. The van der Waals surface area contributed by atoms with Crippen molar-refractivity contribution in [2.24, 2.45) is 0 Å². The fourth-order valence-corrected chi connectivity index (χ4v) is 3.65. The minimum absolute atomic E-state index is 0.582. The Morgan fingerprint density at radius 2 is 2.05 bits per heavy atom. The fraction of sp³-hybridized carbons (Fsp3) is 0.214. The van der Waals surface area contributed by atoms with Gasteiger partial charge in [-0.25, -0.2) is 4.98 Å². The Hall–Kier alpha value is -1.37. The standard InChI is InChI=1S/C14H12ClN3OS2/c1-9-16-13(19-18-9)6-12-8-21-14(17-12)20-7-10-2-4-11(15)5-3-10/h2-5,8H,6-7H2,1H3. The summed E-state index contributed by atoms with van der Waals surface area (Å²) in [6, 6.07) is 7.88. The molecular formula is C14H12ClN3OS2. The number of benzene rings is 1. The Kier molecular flexibility index (Phi) is 4.57. The first kappa shape index (κ1) is 14.6. The van der Waals surface area contributed by atoms with E-state index in [9.17, 15) is 0 Å². The van der Waals surface area contributed by atoms with Gasteiger partial charge in [0, 0.05) is 16.2 Å². The highest BCUT2D eigenvalue weighted by molar-refractivity contribution is 8.00. The Balaban J connectivity index is 1.58. The summed E-state index contributed by atoms with van der Waals surface area (Å²) in [6.45, 7) is 1.81. The molecule has 2 heterocycles. The van der Waals surface area contributed by atoms with Crippen LogP contribution in [0.15, 0.2) is 38.5 Å². The quantitative estimate of drug-likeness (QED) is 0.647. The molecule has 0 spiro atoms. The van der Waals surface area contributed by atoms with Gasteiger partial charge in [-0.15, -0.1) is 11.3 Å². The van der Waals surface area contributed by atoms with Crippen molar-refractivity contribution in [3.05, 3.63) is 57.6 Å². The van der Waals surface area contributed by atoms with E-state index in [1.54, 1.807) is 30.0 Å². The minimum atomic E-state index is 0.582. The molecule has 0 radical (unpaired) electrons. The molecule has 1 aromatic carbocycles. The molecule has 3 aromatic rings. The van der Waals surface area contributed by atoms with Crippen molar-refractivity contribution in [3.63, 3.8) is 0 Å². The summed E-state index contributed by atoms with van der Waals surface area (Å²) >= 11 is 9.22. The first-order valence-corrected chi connectivity index (χ1v) is 8.54. The van der Waals surface area contributed by atoms with Gasteiger partial charge in [-0.1, -0.05) is 40.7 Å². The number of halogens is 1. The van der Waals surface area contributed by atoms with Crippen LogP contribution in [0.3, 0.4) is 0 Å². The average molecular weight is 338 g/mol. The number of rotatable bonds is 5. The van der Waals surface area contributed by atoms with Crippen molar-refractivity contribution in [1.82, 2.24) is 15.1 Å². The van der Waals surface area contributed by atoms with Gasteiger partial charge >= 0.3 is 0 Å². The van der Waals surface area contributed by atoms with Crippen LogP contribution < -0.4 is 0 Å². The second-order valence-electron chi connectivity index (χ2n) is 4.43. The number of nitrogens with zero attached hydrogens (tertiary/aromatic N) is 3. The van der Waals surface area contributed by atoms with E-state index >= 15 is 0 Å². The van der Waals surface area contributed by atoms with Crippen LogP contribution in [0, 0.1) is 6.92 Å². The first-order chi connectivity index (χ1) is 10.2. The van der Waals surface area contributed by atoms with Crippen molar-refractivity contribution in [1.29, 1.82) is 0 Å². The molecule has 7 heteroatoms. The number of thiazole rings is 1. The lowest BCUT2D eigenvalue weighted by atomic mass is 10.2. The van der Waals surface area contributed by atoms with E-state index in [0.29, 0.717) is 18.1 Å². The van der Waals surface area contributed by atoms with Crippen LogP contribution in [0.1, 0.15) is 23.0 Å². The van der Waals surface area contributed by atoms with E-state index in [1.807, 2.05) is 29.6 Å². The van der Waals surface area contributed by atoms with E-state index in [-0.39, 0.29) is 0 Å². The molecule has 0 unspecified atom stereocenters. The Labute approximate surface area is 135 Å². The van der Waals surface area contributed by atoms with Gasteiger partial charge in [0.15, 0.2) is 5.82 Å². The van der Waals surface area contributed by atoms with Crippen molar-refractivity contribution in [2.45, 2.75) is 23.4 Å². The lowest BCUT2D eigenvalue weighted by Gasteiger charge is -1.98. The van der Waals surface area contributed by atoms with Crippen LogP contribution >= 0.6 is 34.7 Å². The van der Waals surface area contributed by atoms with Crippen LogP contribution in [-0.4, -0.2) is 15.1 Å². The second-order valence-corrected chi connectivity index (χ2v) is 6.95. The number of aromatic nitrogens is 3. The van der Waals surface area contributed by atoms with Crippen LogP contribution in [0.5, 0.6) is 0 Å². The van der Waals surface area contributed by atoms with Crippen molar-refractivity contribution >= 4 is 34.7 Å². The molecular weight excluding hydrogens is 326 g/mol. The van der Waals surface area contributed by atoms with E-state index < -0.39 is 0 Å². The van der Waals surface area contributed by atoms with Gasteiger partial charge in [0.05, 0.1) is 12.1 Å². The fourth-order valence-electron chi connectivity index (χ4n) is 1.73. The lowest BCUT2D eigenvalue weighted by Crippen LogP contribution is -1.88. The third kappa shape index (κ3) is 4.06. The molecule has 0 saturated heterocycles. The van der Waals surface area contributed by atoms with E-state index in [4.69, 9.17) is 16.1 Å². The highest BCUT2D eigenvalue weighted by Gasteiger charge is 2.08. The van der Waals surface area contributed by atoms with Crippen molar-refractivity contribution in [3.8, 4) is 0 Å². The molecule has 0 aliphatic rings. The first-order valence-electron chi connectivity index (χ1n) is 6.30. The molecule has 108 valence electrons. The maximum atomic E-state index is 5.87. The molecule has 0 bridgehead atoms. The van der Waals surface area contributed by atoms with Crippen LogP contribution in [0.2, 0.25) is 5.02 Å². The summed E-state index contributed by atoms with van der Waals surface area (Å²) in [6.07, 6.45) is 0.582. The molecule has 0 amide bonds. The molecule has 0 aliphatic heterocycles. The molecule has 0 fully saturated rings. The zero-order valence-corrected chi connectivity index (χ0v) is 13.6. The van der Waals surface area contributed by atoms with Gasteiger partial charge in [0.1, 0.15) is 4.34 Å². The molecule has 0 atom stereocenters. The second kappa shape index (κ2) is 6.60. The van der Waals surface area contributed by atoms with Crippen LogP contribution in [0.4, 0.5) is 0 Å². The number of hydrogen-bond acceptors (Lipinski definition) is 6. The highest BCUT2D eigenvalue weighted by Crippen LogP contribution is 2.27. The zero-order valence-electron chi connectivity index (χ0n) is 11.2.